The number of imidazole rings is 1. The molecule has 16 heteroatoms. The standard InChI is InChI=1S/C25H35N6O8PS/c1-24(2,3)22(34)41-11-10-37-40(36,28-12-15-8-6-5-7-9-15)38-13-16-18(32)25(4,35)21(39-16)31-14-27-17-19(31)29-23(26)30-20(17)33/h5-9,14,16,18,21,32,35H,10-13H2,1-4H3,(H,28,36)(H3,26,29,30,33)/t16?,18?,21-,25+,40?/m1/s1. The number of aromatic amines is 1. The first-order chi connectivity index (χ1) is 19.2. The van der Waals surface area contributed by atoms with Crippen molar-refractivity contribution in [2.24, 2.45) is 5.41 Å². The van der Waals surface area contributed by atoms with Crippen LogP contribution in [0.15, 0.2) is 41.5 Å². The number of nitrogen functional groups attached to an aromatic ring is 1. The second-order valence-electron chi connectivity index (χ2n) is 10.8. The zero-order chi connectivity index (χ0) is 30.0. The van der Waals surface area contributed by atoms with Gasteiger partial charge in [-0.15, -0.1) is 0 Å². The molecule has 1 aromatic carbocycles. The summed E-state index contributed by atoms with van der Waals surface area (Å²) in [6, 6.07) is 9.19. The molecule has 0 saturated carbocycles. The van der Waals surface area contributed by atoms with Gasteiger partial charge in [0.05, 0.1) is 19.5 Å². The Morgan fingerprint density at radius 1 is 1.32 bits per heavy atom. The number of nitrogens with two attached hydrogens (primary N) is 1. The number of aliphatic hydroxyl groups is 2. The number of aliphatic hydroxyl groups excluding tert-OH is 1. The molecule has 0 aliphatic carbocycles. The summed E-state index contributed by atoms with van der Waals surface area (Å²) in [6.45, 7) is 6.45. The van der Waals surface area contributed by atoms with E-state index in [1.807, 2.05) is 51.1 Å². The highest BCUT2D eigenvalue weighted by Crippen LogP contribution is 2.46. The van der Waals surface area contributed by atoms with E-state index in [1.54, 1.807) is 0 Å². The molecule has 3 unspecified atom stereocenters. The van der Waals surface area contributed by atoms with E-state index in [1.165, 1.54) is 17.8 Å². The summed E-state index contributed by atoms with van der Waals surface area (Å²) < 4.78 is 32.2. The summed E-state index contributed by atoms with van der Waals surface area (Å²) in [5.74, 6) is 0.0888. The molecule has 3 aromatic rings. The average molecular weight is 611 g/mol. The Bertz CT molecular complexity index is 1470. The van der Waals surface area contributed by atoms with Crippen LogP contribution < -0.4 is 16.4 Å². The van der Waals surface area contributed by atoms with Gasteiger partial charge in [0, 0.05) is 17.7 Å². The van der Waals surface area contributed by atoms with Crippen molar-refractivity contribution in [3.8, 4) is 0 Å². The number of nitrogens with zero attached hydrogens (tertiary/aromatic N) is 3. The van der Waals surface area contributed by atoms with Crippen LogP contribution in [-0.4, -0.2) is 71.6 Å². The summed E-state index contributed by atoms with van der Waals surface area (Å²) in [5, 5.41) is 24.9. The lowest BCUT2D eigenvalue weighted by Crippen LogP contribution is -2.44. The minimum Gasteiger partial charge on any atom is -0.387 e. The molecule has 0 spiro atoms. The first-order valence-electron chi connectivity index (χ1n) is 12.8. The Labute approximate surface area is 240 Å². The van der Waals surface area contributed by atoms with Crippen molar-refractivity contribution >= 4 is 41.7 Å². The van der Waals surface area contributed by atoms with E-state index in [0.29, 0.717) is 0 Å². The molecular weight excluding hydrogens is 575 g/mol. The molecule has 14 nitrogen and oxygen atoms in total. The average Bonchev–Trinajstić information content (AvgIpc) is 3.42. The van der Waals surface area contributed by atoms with Gasteiger partial charge in [-0.25, -0.2) is 14.6 Å². The van der Waals surface area contributed by atoms with E-state index in [2.05, 4.69) is 20.0 Å². The number of carbonyl (C=O) groups excluding carboxylic acids is 1. The quantitative estimate of drug-likeness (QED) is 0.156. The van der Waals surface area contributed by atoms with Crippen molar-refractivity contribution in [2.45, 2.75) is 58.3 Å². The third-order valence-electron chi connectivity index (χ3n) is 6.38. The van der Waals surface area contributed by atoms with E-state index < -0.39 is 49.4 Å². The predicted molar refractivity (Wildman–Crippen MR) is 153 cm³/mol. The van der Waals surface area contributed by atoms with Crippen molar-refractivity contribution in [1.29, 1.82) is 0 Å². The molecule has 6 N–H and O–H groups in total. The number of H-pyrrole nitrogens is 1. The summed E-state index contributed by atoms with van der Waals surface area (Å²) >= 11 is 1.07. The van der Waals surface area contributed by atoms with Crippen LogP contribution in [0.5, 0.6) is 0 Å². The van der Waals surface area contributed by atoms with E-state index >= 15 is 0 Å². The predicted octanol–water partition coefficient (Wildman–Crippen LogP) is 1.95. The first-order valence-corrected chi connectivity index (χ1v) is 15.4. The number of rotatable bonds is 11. The highest BCUT2D eigenvalue weighted by atomic mass is 32.2. The summed E-state index contributed by atoms with van der Waals surface area (Å²) in [4.78, 5) is 34.9. The topological polar surface area (TPSA) is 204 Å². The van der Waals surface area contributed by atoms with Gasteiger partial charge < -0.3 is 20.7 Å². The van der Waals surface area contributed by atoms with E-state index in [9.17, 15) is 24.4 Å². The molecule has 0 radical (unpaired) electrons. The minimum atomic E-state index is -3.98. The number of nitrogens with one attached hydrogen (secondary N) is 2. The van der Waals surface area contributed by atoms with Crippen LogP contribution in [0.1, 0.15) is 39.5 Å². The molecular formula is C25H35N6O8PS. The van der Waals surface area contributed by atoms with Gasteiger partial charge in [-0.2, -0.15) is 4.98 Å². The molecule has 5 atom stereocenters. The molecule has 1 aliphatic heterocycles. The number of benzene rings is 1. The summed E-state index contributed by atoms with van der Waals surface area (Å²) in [6.07, 6.45) is -2.64. The number of aromatic nitrogens is 4. The molecule has 3 heterocycles. The van der Waals surface area contributed by atoms with Crippen molar-refractivity contribution in [2.75, 3.05) is 24.7 Å². The van der Waals surface area contributed by atoms with Gasteiger partial charge in [0.15, 0.2) is 22.5 Å². The molecule has 41 heavy (non-hydrogen) atoms. The molecule has 2 aromatic heterocycles. The van der Waals surface area contributed by atoms with Gasteiger partial charge in [0.1, 0.15) is 17.8 Å². The molecule has 0 bridgehead atoms. The van der Waals surface area contributed by atoms with Crippen LogP contribution >= 0.6 is 19.5 Å². The minimum absolute atomic E-state index is 0.0291. The van der Waals surface area contributed by atoms with Crippen LogP contribution in [-0.2, 0) is 29.7 Å². The van der Waals surface area contributed by atoms with Crippen LogP contribution in [0.25, 0.3) is 11.2 Å². The first kappa shape index (κ1) is 31.3. The van der Waals surface area contributed by atoms with Crippen molar-refractivity contribution in [3.05, 3.63) is 52.6 Å². The Hall–Kier alpha value is -2.62. The number of hydrogen-bond donors (Lipinski definition) is 5. The third-order valence-corrected chi connectivity index (χ3v) is 9.18. The maximum atomic E-state index is 13.7. The fourth-order valence-corrected chi connectivity index (χ4v) is 6.30. The number of anilines is 1. The highest BCUT2D eigenvalue weighted by molar-refractivity contribution is 8.13. The van der Waals surface area contributed by atoms with Crippen LogP contribution in [0.3, 0.4) is 0 Å². The number of carbonyl (C=O) groups is 1. The van der Waals surface area contributed by atoms with Gasteiger partial charge in [-0.05, 0) is 12.5 Å². The highest BCUT2D eigenvalue weighted by Gasteiger charge is 2.54. The fourth-order valence-electron chi connectivity index (χ4n) is 4.08. The van der Waals surface area contributed by atoms with Crippen LogP contribution in [0, 0.1) is 5.41 Å². The SMILES string of the molecule is CC(C)(C)C(=O)SCCOP(=O)(NCc1ccccc1)OCC1O[C@@H](n2cnc3c(=O)[nH]c(N)nc32)[C@@](C)(O)C1O. The lowest BCUT2D eigenvalue weighted by molar-refractivity contribution is -0.117. The second kappa shape index (κ2) is 12.3. The van der Waals surface area contributed by atoms with E-state index in [4.69, 9.17) is 19.5 Å². The summed E-state index contributed by atoms with van der Waals surface area (Å²) in [7, 11) is -3.98. The molecule has 1 aliphatic rings. The molecule has 4 rings (SSSR count). The molecule has 0 amide bonds. The van der Waals surface area contributed by atoms with Crippen molar-refractivity contribution in [1.82, 2.24) is 24.6 Å². The van der Waals surface area contributed by atoms with E-state index in [-0.39, 0.29) is 41.1 Å². The Morgan fingerprint density at radius 2 is 2.02 bits per heavy atom. The number of thioether (sulfide) groups is 1. The molecule has 224 valence electrons. The van der Waals surface area contributed by atoms with Gasteiger partial charge in [0.2, 0.25) is 5.95 Å². The van der Waals surface area contributed by atoms with Gasteiger partial charge in [-0.1, -0.05) is 62.9 Å². The van der Waals surface area contributed by atoms with Gasteiger partial charge in [0.25, 0.3) is 5.56 Å². The Balaban J connectivity index is 1.47. The lowest BCUT2D eigenvalue weighted by Gasteiger charge is -2.27. The Kier molecular flexibility index (Phi) is 9.41. The lowest BCUT2D eigenvalue weighted by atomic mass is 9.96. The van der Waals surface area contributed by atoms with Crippen LogP contribution in [0.2, 0.25) is 0 Å². The third kappa shape index (κ3) is 7.24. The zero-order valence-electron chi connectivity index (χ0n) is 23.1. The normalized spacial score (nSPS) is 24.5. The molecule has 1 saturated heterocycles. The smallest absolute Gasteiger partial charge is 0.387 e. The maximum Gasteiger partial charge on any atom is 0.405 e. The van der Waals surface area contributed by atoms with Crippen molar-refractivity contribution in [3.63, 3.8) is 0 Å². The fraction of sp³-hybridized carbons (Fsp3) is 0.520. The zero-order valence-corrected chi connectivity index (χ0v) is 24.9. The summed E-state index contributed by atoms with van der Waals surface area (Å²) in [5.41, 5.74) is 3.53. The monoisotopic (exact) mass is 610 g/mol. The number of fused-ring (bicyclic) bond motifs is 1. The van der Waals surface area contributed by atoms with Gasteiger partial charge >= 0.3 is 7.75 Å². The second-order valence-corrected chi connectivity index (χ2v) is 13.7. The number of hydrogen-bond acceptors (Lipinski definition) is 12. The van der Waals surface area contributed by atoms with Crippen molar-refractivity contribution < 1.29 is 33.4 Å². The number of ether oxygens (including phenoxy) is 1. The Morgan fingerprint density at radius 3 is 2.71 bits per heavy atom. The maximum absolute atomic E-state index is 13.7. The van der Waals surface area contributed by atoms with Gasteiger partial charge in [-0.3, -0.25) is 28.2 Å². The molecule has 1 fully saturated rings. The van der Waals surface area contributed by atoms with E-state index in [0.717, 1.165) is 17.3 Å². The van der Waals surface area contributed by atoms with Crippen LogP contribution in [0.4, 0.5) is 5.95 Å². The largest absolute Gasteiger partial charge is 0.405 e.